The van der Waals surface area contributed by atoms with E-state index in [0.29, 0.717) is 28.6 Å². The second-order valence-corrected chi connectivity index (χ2v) is 5.27. The van der Waals surface area contributed by atoms with Crippen LogP contribution in [0.4, 0.5) is 0 Å². The lowest BCUT2D eigenvalue weighted by Gasteiger charge is -2.13. The van der Waals surface area contributed by atoms with Gasteiger partial charge < -0.3 is 18.9 Å². The minimum Gasteiger partial charge on any atom is -0.493 e. The first-order chi connectivity index (χ1) is 12.6. The summed E-state index contributed by atoms with van der Waals surface area (Å²) in [6.45, 7) is 1.65. The average Bonchev–Trinajstić information content (AvgIpc) is 2.67. The van der Waals surface area contributed by atoms with Crippen molar-refractivity contribution >= 4 is 12.1 Å². The van der Waals surface area contributed by atoms with Crippen molar-refractivity contribution in [2.45, 2.75) is 13.0 Å². The fraction of sp³-hybridized carbons (Fsp3) is 0.263. The lowest BCUT2D eigenvalue weighted by molar-refractivity contribution is -0.127. The first-order valence-corrected chi connectivity index (χ1v) is 7.93. The minimum absolute atomic E-state index is 0.363. The van der Waals surface area contributed by atoms with E-state index >= 15 is 0 Å². The van der Waals surface area contributed by atoms with Crippen molar-refractivity contribution in [2.75, 3.05) is 21.3 Å². The summed E-state index contributed by atoms with van der Waals surface area (Å²) in [5.41, 5.74) is 3.12. The van der Waals surface area contributed by atoms with Gasteiger partial charge in [-0.05, 0) is 31.2 Å². The van der Waals surface area contributed by atoms with E-state index in [4.69, 9.17) is 18.9 Å². The molecule has 0 aromatic heterocycles. The lowest BCUT2D eigenvalue weighted by Crippen LogP contribution is -2.33. The van der Waals surface area contributed by atoms with Crippen molar-refractivity contribution in [1.82, 2.24) is 5.43 Å². The number of benzene rings is 2. The van der Waals surface area contributed by atoms with Gasteiger partial charge in [0.25, 0.3) is 5.91 Å². The number of methoxy groups -OCH3 is 3. The van der Waals surface area contributed by atoms with Gasteiger partial charge in [-0.1, -0.05) is 18.2 Å². The van der Waals surface area contributed by atoms with Crippen LogP contribution in [-0.4, -0.2) is 39.6 Å². The molecule has 2 aromatic rings. The molecule has 0 fully saturated rings. The average molecular weight is 358 g/mol. The third-order valence-corrected chi connectivity index (χ3v) is 3.50. The third-order valence-electron chi connectivity index (χ3n) is 3.50. The van der Waals surface area contributed by atoms with Crippen LogP contribution < -0.4 is 24.4 Å². The van der Waals surface area contributed by atoms with Gasteiger partial charge in [0.05, 0.1) is 27.5 Å². The van der Waals surface area contributed by atoms with Crippen LogP contribution >= 0.6 is 0 Å². The first kappa shape index (κ1) is 19.1. The number of rotatable bonds is 8. The molecular formula is C19H22N2O5. The van der Waals surface area contributed by atoms with E-state index in [1.54, 1.807) is 31.2 Å². The summed E-state index contributed by atoms with van der Waals surface area (Å²) in [5, 5.41) is 3.95. The molecule has 0 aliphatic heterocycles. The molecule has 0 saturated carbocycles. The van der Waals surface area contributed by atoms with Crippen LogP contribution in [0, 0.1) is 0 Å². The molecule has 2 rings (SSSR count). The van der Waals surface area contributed by atoms with E-state index in [2.05, 4.69) is 10.5 Å². The van der Waals surface area contributed by atoms with Crippen LogP contribution in [-0.2, 0) is 4.79 Å². The SMILES string of the molecule is COc1cc(/C=N/NC(=O)C(C)Oc2ccccc2)cc(OC)c1OC. The number of nitrogens with zero attached hydrogens (tertiary/aromatic N) is 1. The summed E-state index contributed by atoms with van der Waals surface area (Å²) in [6.07, 6.45) is 0.798. The molecule has 1 unspecified atom stereocenters. The van der Waals surface area contributed by atoms with Crippen LogP contribution in [0.2, 0.25) is 0 Å². The maximum absolute atomic E-state index is 12.1. The van der Waals surface area contributed by atoms with Crippen molar-refractivity contribution in [1.29, 1.82) is 0 Å². The van der Waals surface area contributed by atoms with E-state index in [1.807, 2.05) is 18.2 Å². The highest BCUT2D eigenvalue weighted by Crippen LogP contribution is 2.37. The zero-order valence-electron chi connectivity index (χ0n) is 15.2. The maximum atomic E-state index is 12.1. The van der Waals surface area contributed by atoms with Crippen molar-refractivity contribution in [3.05, 3.63) is 48.0 Å². The standard InChI is InChI=1S/C19H22N2O5/c1-13(26-15-8-6-5-7-9-15)19(22)21-20-12-14-10-16(23-2)18(25-4)17(11-14)24-3/h5-13H,1-4H3,(H,21,22)/b20-12+. The molecule has 1 N–H and O–H groups in total. The van der Waals surface area contributed by atoms with E-state index in [-0.39, 0.29) is 5.91 Å². The summed E-state index contributed by atoms with van der Waals surface area (Å²) < 4.78 is 21.4. The van der Waals surface area contributed by atoms with Gasteiger partial charge in [-0.3, -0.25) is 4.79 Å². The molecule has 0 saturated heterocycles. The summed E-state index contributed by atoms with van der Waals surface area (Å²) in [6, 6.07) is 12.6. The fourth-order valence-corrected chi connectivity index (χ4v) is 2.19. The van der Waals surface area contributed by atoms with Gasteiger partial charge in [0.15, 0.2) is 17.6 Å². The summed E-state index contributed by atoms with van der Waals surface area (Å²) in [7, 11) is 4.59. The Labute approximate surface area is 152 Å². The molecule has 1 amide bonds. The Morgan fingerprint density at radius 1 is 1.04 bits per heavy atom. The normalized spacial score (nSPS) is 11.7. The van der Waals surface area contributed by atoms with Crippen LogP contribution in [0.3, 0.4) is 0 Å². The number of hydrogen-bond acceptors (Lipinski definition) is 6. The summed E-state index contributed by atoms with van der Waals surface area (Å²) in [5.74, 6) is 1.74. The van der Waals surface area contributed by atoms with Crippen LogP contribution in [0.25, 0.3) is 0 Å². The summed E-state index contributed by atoms with van der Waals surface area (Å²) in [4.78, 5) is 12.1. The molecule has 1 atom stereocenters. The molecule has 0 aliphatic carbocycles. The molecule has 2 aromatic carbocycles. The van der Waals surface area contributed by atoms with Gasteiger partial charge in [-0.2, -0.15) is 5.10 Å². The van der Waals surface area contributed by atoms with E-state index in [1.165, 1.54) is 27.5 Å². The Morgan fingerprint density at radius 2 is 1.65 bits per heavy atom. The Bertz CT molecular complexity index is 737. The second kappa shape index (κ2) is 9.31. The molecule has 7 nitrogen and oxygen atoms in total. The van der Waals surface area contributed by atoms with Crippen molar-refractivity contribution < 1.29 is 23.7 Å². The predicted octanol–water partition coefficient (Wildman–Crippen LogP) is 2.63. The molecule has 7 heteroatoms. The quantitative estimate of drug-likeness (QED) is 0.580. The molecule has 0 aliphatic rings. The molecule has 0 bridgehead atoms. The zero-order valence-corrected chi connectivity index (χ0v) is 15.2. The van der Waals surface area contributed by atoms with Gasteiger partial charge >= 0.3 is 0 Å². The maximum Gasteiger partial charge on any atom is 0.280 e. The Hall–Kier alpha value is -3.22. The van der Waals surface area contributed by atoms with Gasteiger partial charge in [-0.15, -0.1) is 0 Å². The highest BCUT2D eigenvalue weighted by Gasteiger charge is 2.14. The monoisotopic (exact) mass is 358 g/mol. The van der Waals surface area contributed by atoms with Gasteiger partial charge in [0, 0.05) is 5.56 Å². The number of ether oxygens (including phenoxy) is 4. The number of carbonyl (C=O) groups is 1. The van der Waals surface area contributed by atoms with Crippen molar-refractivity contribution in [2.24, 2.45) is 5.10 Å². The van der Waals surface area contributed by atoms with E-state index < -0.39 is 6.10 Å². The highest BCUT2D eigenvalue weighted by atomic mass is 16.5. The Balaban J connectivity index is 2.02. The molecule has 0 spiro atoms. The van der Waals surface area contributed by atoms with Crippen LogP contribution in [0.1, 0.15) is 12.5 Å². The van der Waals surface area contributed by atoms with Crippen molar-refractivity contribution in [3.8, 4) is 23.0 Å². The topological polar surface area (TPSA) is 78.4 Å². The van der Waals surface area contributed by atoms with Crippen LogP contribution in [0.5, 0.6) is 23.0 Å². The number of carbonyl (C=O) groups excluding carboxylic acids is 1. The molecule has 0 radical (unpaired) electrons. The van der Waals surface area contributed by atoms with Crippen LogP contribution in [0.15, 0.2) is 47.6 Å². The number of hydrogen-bond donors (Lipinski definition) is 1. The van der Waals surface area contributed by atoms with Gasteiger partial charge in [0.1, 0.15) is 5.75 Å². The van der Waals surface area contributed by atoms with E-state index in [0.717, 1.165) is 0 Å². The number of amides is 1. The predicted molar refractivity (Wildman–Crippen MR) is 98.4 cm³/mol. The van der Waals surface area contributed by atoms with Crippen molar-refractivity contribution in [3.63, 3.8) is 0 Å². The van der Waals surface area contributed by atoms with E-state index in [9.17, 15) is 4.79 Å². The molecular weight excluding hydrogens is 336 g/mol. The molecule has 138 valence electrons. The largest absolute Gasteiger partial charge is 0.493 e. The molecule has 0 heterocycles. The fourth-order valence-electron chi connectivity index (χ4n) is 2.19. The smallest absolute Gasteiger partial charge is 0.280 e. The third kappa shape index (κ3) is 4.89. The first-order valence-electron chi connectivity index (χ1n) is 7.93. The minimum atomic E-state index is -0.686. The zero-order chi connectivity index (χ0) is 18.9. The summed E-state index contributed by atoms with van der Waals surface area (Å²) >= 11 is 0. The lowest BCUT2D eigenvalue weighted by atomic mass is 10.2. The number of nitrogens with one attached hydrogen (secondary N) is 1. The Morgan fingerprint density at radius 3 is 2.19 bits per heavy atom. The Kier molecular flexibility index (Phi) is 6.84. The van der Waals surface area contributed by atoms with Gasteiger partial charge in [-0.25, -0.2) is 5.43 Å². The number of para-hydroxylation sites is 1. The highest BCUT2D eigenvalue weighted by molar-refractivity contribution is 5.85. The number of hydrazone groups is 1. The second-order valence-electron chi connectivity index (χ2n) is 5.27. The van der Waals surface area contributed by atoms with Gasteiger partial charge in [0.2, 0.25) is 5.75 Å². The molecule has 26 heavy (non-hydrogen) atoms.